The normalized spacial score (nSPS) is 13.4. The van der Waals surface area contributed by atoms with Crippen molar-refractivity contribution in [2.24, 2.45) is 5.92 Å². The van der Waals surface area contributed by atoms with Crippen LogP contribution in [0.3, 0.4) is 0 Å². The predicted molar refractivity (Wildman–Crippen MR) is 83.2 cm³/mol. The number of hydrogen-bond acceptors (Lipinski definition) is 2. The summed E-state index contributed by atoms with van der Waals surface area (Å²) in [5, 5.41) is 0. The fraction of sp³-hybridized carbons (Fsp3) is 0.389. The molecule has 2 nitrogen and oxygen atoms in total. The second-order valence-electron chi connectivity index (χ2n) is 5.23. The summed E-state index contributed by atoms with van der Waals surface area (Å²) in [6.45, 7) is 6.23. The second kappa shape index (κ2) is 9.13. The lowest BCUT2D eigenvalue weighted by molar-refractivity contribution is -0.137. The highest BCUT2D eigenvalue weighted by Gasteiger charge is 2.05. The van der Waals surface area contributed by atoms with Crippen molar-refractivity contribution in [3.63, 3.8) is 0 Å². The average Bonchev–Trinajstić information content (AvgIpc) is 2.44. The lowest BCUT2D eigenvalue weighted by atomic mass is 9.99. The first kappa shape index (κ1) is 16.2. The zero-order chi connectivity index (χ0) is 14.8. The van der Waals surface area contributed by atoms with Crippen LogP contribution in [-0.4, -0.2) is 5.97 Å². The van der Waals surface area contributed by atoms with Gasteiger partial charge >= 0.3 is 5.97 Å². The first-order chi connectivity index (χ1) is 9.61. The van der Waals surface area contributed by atoms with Gasteiger partial charge in [-0.1, -0.05) is 49.4 Å². The molecule has 1 atom stereocenters. The Balaban J connectivity index is 2.36. The van der Waals surface area contributed by atoms with Gasteiger partial charge in [-0.25, -0.2) is 0 Å². The molecule has 1 unspecified atom stereocenters. The van der Waals surface area contributed by atoms with Gasteiger partial charge in [-0.3, -0.25) is 4.79 Å². The maximum Gasteiger partial charge on any atom is 0.315 e. The molecular weight excluding hydrogens is 248 g/mol. The topological polar surface area (TPSA) is 26.3 Å². The molecule has 0 saturated heterocycles. The van der Waals surface area contributed by atoms with Gasteiger partial charge in [-0.2, -0.15) is 0 Å². The largest absolute Gasteiger partial charge is 0.434 e. The van der Waals surface area contributed by atoms with Crippen molar-refractivity contribution in [3.8, 4) is 0 Å². The summed E-state index contributed by atoms with van der Waals surface area (Å²) in [6, 6.07) is 9.64. The van der Waals surface area contributed by atoms with Gasteiger partial charge in [0.1, 0.15) is 0 Å². The Bertz CT molecular complexity index is 458. The van der Waals surface area contributed by atoms with Crippen molar-refractivity contribution >= 4 is 5.97 Å². The summed E-state index contributed by atoms with van der Waals surface area (Å²) in [5.74, 6) is 0.354. The van der Waals surface area contributed by atoms with E-state index in [9.17, 15) is 4.79 Å². The van der Waals surface area contributed by atoms with Crippen LogP contribution in [0.5, 0.6) is 0 Å². The maximum atomic E-state index is 11.7. The van der Waals surface area contributed by atoms with E-state index >= 15 is 0 Å². The number of esters is 1. The van der Waals surface area contributed by atoms with Crippen LogP contribution >= 0.6 is 0 Å². The van der Waals surface area contributed by atoms with Crippen LogP contribution in [0.4, 0.5) is 0 Å². The summed E-state index contributed by atoms with van der Waals surface area (Å²) in [5.41, 5.74) is 2.08. The summed E-state index contributed by atoms with van der Waals surface area (Å²) >= 11 is 0. The van der Waals surface area contributed by atoms with Crippen LogP contribution in [0.1, 0.15) is 39.2 Å². The van der Waals surface area contributed by atoms with Gasteiger partial charge in [-0.15, -0.1) is 0 Å². The Morgan fingerprint density at radius 3 is 2.65 bits per heavy atom. The molecular formula is C18H24O2. The average molecular weight is 272 g/mol. The van der Waals surface area contributed by atoms with Gasteiger partial charge in [0.2, 0.25) is 0 Å². The lowest BCUT2D eigenvalue weighted by Gasteiger charge is -2.09. The minimum absolute atomic E-state index is 0.211. The molecule has 0 bridgehead atoms. The first-order valence-electron chi connectivity index (χ1n) is 7.12. The maximum absolute atomic E-state index is 11.7. The number of carbonyl (C=O) groups is 1. The van der Waals surface area contributed by atoms with Gasteiger partial charge in [0, 0.05) is 0 Å². The summed E-state index contributed by atoms with van der Waals surface area (Å²) in [6.07, 6.45) is 8.15. The molecule has 1 aromatic rings. The fourth-order valence-corrected chi connectivity index (χ4v) is 2.02. The minimum Gasteiger partial charge on any atom is -0.434 e. The highest BCUT2D eigenvalue weighted by molar-refractivity contribution is 5.73. The van der Waals surface area contributed by atoms with Crippen LogP contribution < -0.4 is 0 Å². The molecule has 0 aliphatic heterocycles. The molecule has 0 heterocycles. The third kappa shape index (κ3) is 6.93. The molecule has 0 amide bonds. The van der Waals surface area contributed by atoms with Gasteiger partial charge in [0.25, 0.3) is 0 Å². The minimum atomic E-state index is -0.211. The third-order valence-corrected chi connectivity index (χ3v) is 3.03. The van der Waals surface area contributed by atoms with E-state index in [0.717, 1.165) is 24.0 Å². The van der Waals surface area contributed by atoms with Crippen LogP contribution in [0, 0.1) is 5.92 Å². The van der Waals surface area contributed by atoms with Gasteiger partial charge in [-0.05, 0) is 43.7 Å². The standard InChI is InChI=1S/C18H24O2/c1-4-5-9-15(2)12-16(3)14-20-18(19)13-17-10-7-6-8-11-17/h4-8,10-11,14-15H,9,12-13H2,1-3H3/b5-4+,16-14+. The first-order valence-corrected chi connectivity index (χ1v) is 7.12. The van der Waals surface area contributed by atoms with Crippen LogP contribution in [0.25, 0.3) is 0 Å². The third-order valence-electron chi connectivity index (χ3n) is 3.03. The monoisotopic (exact) mass is 272 g/mol. The molecule has 0 spiro atoms. The van der Waals surface area contributed by atoms with Crippen molar-refractivity contribution in [2.75, 3.05) is 0 Å². The van der Waals surface area contributed by atoms with Crippen molar-refractivity contribution in [1.82, 2.24) is 0 Å². The van der Waals surface area contributed by atoms with E-state index in [2.05, 4.69) is 19.1 Å². The number of ether oxygens (including phenoxy) is 1. The molecule has 0 N–H and O–H groups in total. The Hall–Kier alpha value is -1.83. The molecule has 20 heavy (non-hydrogen) atoms. The van der Waals surface area contributed by atoms with Crippen molar-refractivity contribution in [2.45, 2.75) is 40.0 Å². The van der Waals surface area contributed by atoms with Crippen LogP contribution in [0.15, 0.2) is 54.3 Å². The molecule has 108 valence electrons. The molecule has 0 aliphatic rings. The predicted octanol–water partition coefficient (Wildman–Crippen LogP) is 4.67. The molecule has 0 radical (unpaired) electrons. The fourth-order valence-electron chi connectivity index (χ4n) is 2.02. The highest BCUT2D eigenvalue weighted by atomic mass is 16.5. The molecule has 2 heteroatoms. The number of carbonyl (C=O) groups excluding carboxylic acids is 1. The number of rotatable bonds is 7. The van der Waals surface area contributed by atoms with E-state index in [4.69, 9.17) is 4.74 Å². The van der Waals surface area contributed by atoms with Gasteiger partial charge < -0.3 is 4.74 Å². The number of benzene rings is 1. The molecule has 1 rings (SSSR count). The number of hydrogen-bond donors (Lipinski definition) is 0. The molecule has 0 fully saturated rings. The quantitative estimate of drug-likeness (QED) is 0.409. The molecule has 1 aromatic carbocycles. The van der Waals surface area contributed by atoms with Crippen LogP contribution in [-0.2, 0) is 16.0 Å². The van der Waals surface area contributed by atoms with E-state index in [1.807, 2.05) is 44.2 Å². The van der Waals surface area contributed by atoms with Gasteiger partial charge in [0.05, 0.1) is 12.7 Å². The summed E-state index contributed by atoms with van der Waals surface area (Å²) in [4.78, 5) is 11.7. The van der Waals surface area contributed by atoms with Crippen molar-refractivity contribution in [1.29, 1.82) is 0 Å². The van der Waals surface area contributed by atoms with Crippen molar-refractivity contribution < 1.29 is 9.53 Å². The number of allylic oxidation sites excluding steroid dienone is 3. The Labute approximate surface area is 122 Å². The molecule has 0 aromatic heterocycles. The van der Waals surface area contributed by atoms with Crippen molar-refractivity contribution in [3.05, 3.63) is 59.9 Å². The zero-order valence-electron chi connectivity index (χ0n) is 12.6. The van der Waals surface area contributed by atoms with E-state index in [0.29, 0.717) is 12.3 Å². The van der Waals surface area contributed by atoms with E-state index in [1.165, 1.54) is 0 Å². The van der Waals surface area contributed by atoms with Gasteiger partial charge in [0.15, 0.2) is 0 Å². The second-order valence-corrected chi connectivity index (χ2v) is 5.23. The van der Waals surface area contributed by atoms with Crippen LogP contribution in [0.2, 0.25) is 0 Å². The van der Waals surface area contributed by atoms with E-state index in [-0.39, 0.29) is 5.97 Å². The SMILES string of the molecule is C/C=C/CC(C)C/C(C)=C/OC(=O)Cc1ccccc1. The summed E-state index contributed by atoms with van der Waals surface area (Å²) < 4.78 is 5.19. The Morgan fingerprint density at radius 2 is 2.00 bits per heavy atom. The Morgan fingerprint density at radius 1 is 1.30 bits per heavy atom. The summed E-state index contributed by atoms with van der Waals surface area (Å²) in [7, 11) is 0. The zero-order valence-corrected chi connectivity index (χ0v) is 12.6. The highest BCUT2D eigenvalue weighted by Crippen LogP contribution is 2.15. The van der Waals surface area contributed by atoms with E-state index < -0.39 is 0 Å². The Kier molecular flexibility index (Phi) is 7.41. The molecule has 0 aliphatic carbocycles. The lowest BCUT2D eigenvalue weighted by Crippen LogP contribution is -2.04. The smallest absolute Gasteiger partial charge is 0.315 e. The van der Waals surface area contributed by atoms with E-state index in [1.54, 1.807) is 6.26 Å². The molecule has 0 saturated carbocycles.